The van der Waals surface area contributed by atoms with Crippen molar-refractivity contribution < 1.29 is 0 Å². The van der Waals surface area contributed by atoms with Crippen molar-refractivity contribution in [2.45, 2.75) is 18.9 Å². The lowest BCUT2D eigenvalue weighted by molar-refractivity contribution is 0.443. The third-order valence-electron chi connectivity index (χ3n) is 3.57. The van der Waals surface area contributed by atoms with Crippen molar-refractivity contribution in [2.75, 3.05) is 25.0 Å². The molecular weight excluding hydrogens is 240 g/mol. The van der Waals surface area contributed by atoms with Crippen LogP contribution in [-0.4, -0.2) is 46.4 Å². The Balaban J connectivity index is 1.88. The summed E-state index contributed by atoms with van der Waals surface area (Å²) in [5.41, 5.74) is 0.995. The highest BCUT2D eigenvalue weighted by Gasteiger charge is 2.23. The molecule has 0 spiro atoms. The Morgan fingerprint density at radius 2 is 2.11 bits per heavy atom. The van der Waals surface area contributed by atoms with Crippen LogP contribution in [0.5, 0.6) is 0 Å². The van der Waals surface area contributed by atoms with Gasteiger partial charge in [0.1, 0.15) is 0 Å². The van der Waals surface area contributed by atoms with E-state index in [-0.39, 0.29) is 0 Å². The van der Waals surface area contributed by atoms with Gasteiger partial charge in [-0.15, -0.1) is 0 Å². The molecule has 0 amide bonds. The van der Waals surface area contributed by atoms with Crippen LogP contribution in [0.3, 0.4) is 0 Å². The third-order valence-corrected chi connectivity index (χ3v) is 3.57. The molecule has 0 bridgehead atoms. The zero-order valence-corrected chi connectivity index (χ0v) is 11.0. The second-order valence-corrected chi connectivity index (χ2v) is 4.80. The van der Waals surface area contributed by atoms with Crippen molar-refractivity contribution in [3.05, 3.63) is 30.3 Å². The molecular formula is C13H18N6. The first-order valence-corrected chi connectivity index (χ1v) is 6.64. The summed E-state index contributed by atoms with van der Waals surface area (Å²) < 4.78 is 1.80. The zero-order chi connectivity index (χ0) is 13.1. The molecule has 1 aliphatic heterocycles. The average Bonchev–Trinajstić information content (AvgIpc) is 2.98. The highest BCUT2D eigenvalue weighted by atomic mass is 15.6. The molecule has 1 saturated heterocycles. The third kappa shape index (κ3) is 2.44. The monoisotopic (exact) mass is 258 g/mol. The standard InChI is InChI=1S/C13H18N6/c1-14-11-6-5-9-18(10-11)13-15-16-17-19(13)12-7-3-2-4-8-12/h2-4,7-8,11,14H,5-6,9-10H2,1H3. The number of tetrazole rings is 1. The number of piperidine rings is 1. The van der Waals surface area contributed by atoms with E-state index >= 15 is 0 Å². The van der Waals surface area contributed by atoms with E-state index in [2.05, 4.69) is 25.7 Å². The van der Waals surface area contributed by atoms with Gasteiger partial charge in [0.05, 0.1) is 5.69 Å². The van der Waals surface area contributed by atoms with Gasteiger partial charge in [0.25, 0.3) is 0 Å². The Morgan fingerprint density at radius 3 is 2.89 bits per heavy atom. The van der Waals surface area contributed by atoms with Crippen LogP contribution in [0.4, 0.5) is 5.95 Å². The van der Waals surface area contributed by atoms with Crippen molar-refractivity contribution in [3.8, 4) is 5.69 Å². The molecule has 1 aromatic carbocycles. The fourth-order valence-electron chi connectivity index (χ4n) is 2.51. The predicted octanol–water partition coefficient (Wildman–Crippen LogP) is 0.850. The van der Waals surface area contributed by atoms with Crippen molar-refractivity contribution in [3.63, 3.8) is 0 Å². The summed E-state index contributed by atoms with van der Waals surface area (Å²) in [6.07, 6.45) is 2.37. The molecule has 3 rings (SSSR count). The summed E-state index contributed by atoms with van der Waals surface area (Å²) in [6.45, 7) is 1.95. The van der Waals surface area contributed by atoms with Crippen molar-refractivity contribution in [1.82, 2.24) is 25.5 Å². The van der Waals surface area contributed by atoms with Gasteiger partial charge < -0.3 is 10.2 Å². The lowest BCUT2D eigenvalue weighted by Crippen LogP contribution is -2.45. The van der Waals surface area contributed by atoms with Crippen LogP contribution >= 0.6 is 0 Å². The molecule has 1 aliphatic rings. The van der Waals surface area contributed by atoms with Gasteiger partial charge in [-0.1, -0.05) is 23.3 Å². The average molecular weight is 258 g/mol. The molecule has 1 unspecified atom stereocenters. The van der Waals surface area contributed by atoms with E-state index in [9.17, 15) is 0 Å². The summed E-state index contributed by atoms with van der Waals surface area (Å²) in [7, 11) is 2.01. The predicted molar refractivity (Wildman–Crippen MR) is 73.4 cm³/mol. The van der Waals surface area contributed by atoms with Crippen LogP contribution in [0.25, 0.3) is 5.69 Å². The van der Waals surface area contributed by atoms with Gasteiger partial charge >= 0.3 is 0 Å². The Bertz CT molecular complexity index is 523. The van der Waals surface area contributed by atoms with E-state index < -0.39 is 0 Å². The summed E-state index contributed by atoms with van der Waals surface area (Å²) in [6, 6.07) is 10.5. The molecule has 1 aromatic heterocycles. The van der Waals surface area contributed by atoms with E-state index in [0.717, 1.165) is 31.1 Å². The van der Waals surface area contributed by atoms with Crippen LogP contribution < -0.4 is 10.2 Å². The van der Waals surface area contributed by atoms with Crippen molar-refractivity contribution in [2.24, 2.45) is 0 Å². The van der Waals surface area contributed by atoms with Crippen LogP contribution in [0.2, 0.25) is 0 Å². The number of hydrogen-bond donors (Lipinski definition) is 1. The Labute approximate surface area is 112 Å². The molecule has 1 N–H and O–H groups in total. The number of nitrogens with zero attached hydrogens (tertiary/aromatic N) is 5. The van der Waals surface area contributed by atoms with Crippen LogP contribution in [0.1, 0.15) is 12.8 Å². The van der Waals surface area contributed by atoms with Crippen LogP contribution in [-0.2, 0) is 0 Å². The number of benzene rings is 1. The molecule has 0 radical (unpaired) electrons. The second-order valence-electron chi connectivity index (χ2n) is 4.80. The minimum Gasteiger partial charge on any atom is -0.338 e. The number of likely N-dealkylation sites (N-methyl/N-ethyl adjacent to an activating group) is 1. The number of para-hydroxylation sites is 1. The minimum atomic E-state index is 0.509. The summed E-state index contributed by atoms with van der Waals surface area (Å²) in [5.74, 6) is 0.825. The molecule has 0 aliphatic carbocycles. The SMILES string of the molecule is CNC1CCCN(c2nnnn2-c2ccccc2)C1. The Kier molecular flexibility index (Phi) is 3.41. The maximum atomic E-state index is 4.18. The molecule has 0 saturated carbocycles. The van der Waals surface area contributed by atoms with Crippen molar-refractivity contribution in [1.29, 1.82) is 0 Å². The summed E-state index contributed by atoms with van der Waals surface area (Å²) >= 11 is 0. The smallest absolute Gasteiger partial charge is 0.250 e. The molecule has 100 valence electrons. The number of anilines is 1. The fraction of sp³-hybridized carbons (Fsp3) is 0.462. The molecule has 6 nitrogen and oxygen atoms in total. The normalized spacial score (nSPS) is 19.6. The molecule has 2 heterocycles. The van der Waals surface area contributed by atoms with E-state index in [1.807, 2.05) is 37.4 Å². The van der Waals surface area contributed by atoms with Gasteiger partial charge in [0.2, 0.25) is 5.95 Å². The first kappa shape index (κ1) is 12.1. The summed E-state index contributed by atoms with van der Waals surface area (Å²) in [4.78, 5) is 2.25. The van der Waals surface area contributed by atoms with E-state index in [4.69, 9.17) is 0 Å². The maximum Gasteiger partial charge on any atom is 0.250 e. The highest BCUT2D eigenvalue weighted by molar-refractivity contribution is 5.40. The van der Waals surface area contributed by atoms with Gasteiger partial charge in [0, 0.05) is 19.1 Å². The zero-order valence-electron chi connectivity index (χ0n) is 11.0. The first-order valence-electron chi connectivity index (χ1n) is 6.64. The molecule has 1 atom stereocenters. The Morgan fingerprint density at radius 1 is 1.26 bits per heavy atom. The van der Waals surface area contributed by atoms with Gasteiger partial charge in [-0.3, -0.25) is 0 Å². The number of hydrogen-bond acceptors (Lipinski definition) is 5. The quantitative estimate of drug-likeness (QED) is 0.884. The van der Waals surface area contributed by atoms with Gasteiger partial charge in [-0.05, 0) is 42.4 Å². The van der Waals surface area contributed by atoms with Gasteiger partial charge in [-0.25, -0.2) is 0 Å². The van der Waals surface area contributed by atoms with E-state index in [1.54, 1.807) is 4.68 Å². The topological polar surface area (TPSA) is 58.9 Å². The fourth-order valence-corrected chi connectivity index (χ4v) is 2.51. The van der Waals surface area contributed by atoms with Gasteiger partial charge in [0.15, 0.2) is 0 Å². The van der Waals surface area contributed by atoms with Crippen molar-refractivity contribution >= 4 is 5.95 Å². The second kappa shape index (κ2) is 5.36. The Hall–Kier alpha value is -1.95. The van der Waals surface area contributed by atoms with E-state index in [0.29, 0.717) is 6.04 Å². The number of aromatic nitrogens is 4. The lowest BCUT2D eigenvalue weighted by Gasteiger charge is -2.32. The minimum absolute atomic E-state index is 0.509. The summed E-state index contributed by atoms with van der Waals surface area (Å²) in [5, 5.41) is 15.5. The highest BCUT2D eigenvalue weighted by Crippen LogP contribution is 2.19. The van der Waals surface area contributed by atoms with Gasteiger partial charge in [-0.2, -0.15) is 4.68 Å². The van der Waals surface area contributed by atoms with Crippen LogP contribution in [0, 0.1) is 0 Å². The van der Waals surface area contributed by atoms with Crippen LogP contribution in [0.15, 0.2) is 30.3 Å². The maximum absolute atomic E-state index is 4.18. The largest absolute Gasteiger partial charge is 0.338 e. The molecule has 1 fully saturated rings. The number of rotatable bonds is 3. The first-order chi connectivity index (χ1) is 9.38. The molecule has 19 heavy (non-hydrogen) atoms. The molecule has 6 heteroatoms. The lowest BCUT2D eigenvalue weighted by atomic mass is 10.1. The number of nitrogens with one attached hydrogen (secondary N) is 1. The molecule has 2 aromatic rings. The van der Waals surface area contributed by atoms with E-state index in [1.165, 1.54) is 6.42 Å².